The molecule has 1 amide bonds. The van der Waals surface area contributed by atoms with Gasteiger partial charge in [0, 0.05) is 41.9 Å². The molecule has 3 unspecified atom stereocenters. The molecule has 3 aliphatic rings. The summed E-state index contributed by atoms with van der Waals surface area (Å²) < 4.78 is 27.3. The molecule has 3 heterocycles. The van der Waals surface area contributed by atoms with E-state index in [0.717, 1.165) is 25.3 Å². The van der Waals surface area contributed by atoms with Crippen LogP contribution >= 0.6 is 11.8 Å². The molecule has 6 nitrogen and oxygen atoms in total. The summed E-state index contributed by atoms with van der Waals surface area (Å²) in [6.07, 6.45) is 2.23. The topological polar surface area (TPSA) is 80.4 Å². The molecule has 4 N–H and O–H groups in total. The molecule has 150 valence electrons. The Morgan fingerprint density at radius 2 is 2.11 bits per heavy atom. The molecule has 28 heavy (non-hydrogen) atoms. The average molecular weight is 408 g/mol. The van der Waals surface area contributed by atoms with Crippen molar-refractivity contribution in [1.29, 1.82) is 0 Å². The predicted molar refractivity (Wildman–Crippen MR) is 103 cm³/mol. The van der Waals surface area contributed by atoms with Crippen LogP contribution in [0.5, 0.6) is 0 Å². The number of carbonyl (C=O) groups is 1. The van der Waals surface area contributed by atoms with Gasteiger partial charge in [-0.05, 0) is 31.4 Å². The zero-order valence-corrected chi connectivity index (χ0v) is 15.9. The second-order valence-corrected chi connectivity index (χ2v) is 9.24. The van der Waals surface area contributed by atoms with Crippen LogP contribution in [0.2, 0.25) is 0 Å². The van der Waals surface area contributed by atoms with Gasteiger partial charge in [-0.15, -0.1) is 11.8 Å². The molecule has 3 fully saturated rings. The highest BCUT2D eigenvalue weighted by atomic mass is 32.2. The highest BCUT2D eigenvalue weighted by Crippen LogP contribution is 2.34. The zero-order valence-electron chi connectivity index (χ0n) is 15.1. The smallest absolute Gasteiger partial charge is 0.270 e. The molecule has 2 saturated heterocycles. The van der Waals surface area contributed by atoms with Crippen molar-refractivity contribution in [3.05, 3.63) is 35.5 Å². The number of aromatic amines is 1. The van der Waals surface area contributed by atoms with Gasteiger partial charge in [-0.1, -0.05) is 0 Å². The Morgan fingerprint density at radius 3 is 2.89 bits per heavy atom. The summed E-state index contributed by atoms with van der Waals surface area (Å²) in [6, 6.07) is 4.17. The third kappa shape index (κ3) is 3.30. The predicted octanol–water partition coefficient (Wildman–Crippen LogP) is 1.76. The van der Waals surface area contributed by atoms with Gasteiger partial charge in [0.15, 0.2) is 0 Å². The Morgan fingerprint density at radius 1 is 1.29 bits per heavy atom. The fourth-order valence-electron chi connectivity index (χ4n) is 4.31. The fraction of sp³-hybridized carbons (Fsp3) is 0.526. The summed E-state index contributed by atoms with van der Waals surface area (Å²) >= 11 is 1.78. The maximum atomic E-state index is 13.9. The van der Waals surface area contributed by atoms with Gasteiger partial charge in [0.25, 0.3) is 5.91 Å². The molecule has 3 atom stereocenters. The lowest BCUT2D eigenvalue weighted by molar-refractivity contribution is 0.0598. The van der Waals surface area contributed by atoms with Crippen LogP contribution in [-0.2, 0) is 0 Å². The summed E-state index contributed by atoms with van der Waals surface area (Å²) in [5.41, 5.74) is 0.708. The number of aliphatic hydroxyl groups is 1. The van der Waals surface area contributed by atoms with E-state index in [9.17, 15) is 18.7 Å². The van der Waals surface area contributed by atoms with Crippen molar-refractivity contribution in [2.24, 2.45) is 0 Å². The summed E-state index contributed by atoms with van der Waals surface area (Å²) in [5, 5.41) is 17.0. The Labute approximate surface area is 165 Å². The second kappa shape index (κ2) is 6.98. The number of aromatic nitrogens is 1. The van der Waals surface area contributed by atoms with E-state index in [4.69, 9.17) is 0 Å². The van der Waals surface area contributed by atoms with Crippen molar-refractivity contribution < 1.29 is 18.7 Å². The van der Waals surface area contributed by atoms with E-state index in [1.165, 1.54) is 12.1 Å². The maximum Gasteiger partial charge on any atom is 0.270 e. The average Bonchev–Trinajstić information content (AvgIpc) is 3.22. The highest BCUT2D eigenvalue weighted by molar-refractivity contribution is 8.00. The number of nitrogens with zero attached hydrogens (tertiary/aromatic N) is 1. The van der Waals surface area contributed by atoms with Crippen LogP contribution in [0.4, 0.5) is 8.78 Å². The summed E-state index contributed by atoms with van der Waals surface area (Å²) in [4.78, 5) is 17.6. The van der Waals surface area contributed by atoms with Gasteiger partial charge in [-0.2, -0.15) is 0 Å². The quantitative estimate of drug-likeness (QED) is 0.623. The van der Waals surface area contributed by atoms with Crippen LogP contribution < -0.4 is 10.6 Å². The van der Waals surface area contributed by atoms with E-state index in [1.54, 1.807) is 16.7 Å². The Balaban J connectivity index is 1.25. The van der Waals surface area contributed by atoms with Crippen LogP contribution in [-0.4, -0.2) is 62.9 Å². The number of piperidine rings is 1. The first-order valence-electron chi connectivity index (χ1n) is 9.59. The first kappa shape index (κ1) is 18.4. The van der Waals surface area contributed by atoms with Crippen molar-refractivity contribution in [2.45, 2.75) is 48.2 Å². The number of carbonyl (C=O) groups excluding carboxylic acids is 1. The van der Waals surface area contributed by atoms with E-state index >= 15 is 0 Å². The van der Waals surface area contributed by atoms with Gasteiger partial charge < -0.3 is 15.0 Å². The van der Waals surface area contributed by atoms with E-state index in [0.29, 0.717) is 30.7 Å². The molecular formula is C19H22F2N4O2S. The third-order valence-corrected chi connectivity index (χ3v) is 7.28. The Kier molecular flexibility index (Phi) is 4.58. The van der Waals surface area contributed by atoms with Crippen molar-refractivity contribution in [2.75, 3.05) is 13.1 Å². The van der Waals surface area contributed by atoms with E-state index in [-0.39, 0.29) is 33.8 Å². The van der Waals surface area contributed by atoms with Gasteiger partial charge in [-0.25, -0.2) is 8.78 Å². The number of amides is 1. The van der Waals surface area contributed by atoms with Crippen LogP contribution in [0.25, 0.3) is 10.9 Å². The van der Waals surface area contributed by atoms with E-state index in [1.807, 2.05) is 0 Å². The molecule has 2 aromatic rings. The number of likely N-dealkylation sites (tertiary alicyclic amines) is 1. The first-order chi connectivity index (χ1) is 13.5. The minimum atomic E-state index is -0.672. The number of nitrogens with one attached hydrogen (secondary N) is 3. The fourth-order valence-corrected chi connectivity index (χ4v) is 5.85. The molecule has 5 rings (SSSR count). The van der Waals surface area contributed by atoms with Crippen molar-refractivity contribution >= 4 is 28.6 Å². The zero-order chi connectivity index (χ0) is 19.4. The SMILES string of the molecule is O=C(c1cc2c(F)cc(F)cc2[nH]1)N1CCC2NC(NC3CC(O)C3)SC2C1. The van der Waals surface area contributed by atoms with Gasteiger partial charge in [-0.3, -0.25) is 15.4 Å². The van der Waals surface area contributed by atoms with Crippen molar-refractivity contribution in [3.8, 4) is 0 Å². The number of fused-ring (bicyclic) bond motifs is 2. The van der Waals surface area contributed by atoms with Gasteiger partial charge >= 0.3 is 0 Å². The minimum Gasteiger partial charge on any atom is -0.393 e. The Hall–Kier alpha value is -1.68. The van der Waals surface area contributed by atoms with Crippen molar-refractivity contribution in [3.63, 3.8) is 0 Å². The number of rotatable bonds is 3. The summed E-state index contributed by atoms with van der Waals surface area (Å²) in [6.45, 7) is 1.23. The standard InChI is InChI=1S/C19H22F2N4O2S/c20-9-3-13(21)12-7-16(23-15(12)4-9)18(27)25-2-1-14-17(8-25)28-19(24-14)22-10-5-11(26)6-10/h3-4,7,10-11,14,17,19,22-24,26H,1-2,5-6,8H2. The third-order valence-electron chi connectivity index (χ3n) is 5.91. The minimum absolute atomic E-state index is 0.132. The molecular weight excluding hydrogens is 386 g/mol. The van der Waals surface area contributed by atoms with Crippen LogP contribution in [0.1, 0.15) is 29.8 Å². The molecule has 1 aromatic heterocycles. The van der Waals surface area contributed by atoms with Gasteiger partial charge in [0.1, 0.15) is 22.8 Å². The Bertz CT molecular complexity index is 917. The van der Waals surface area contributed by atoms with Gasteiger partial charge in [0.05, 0.1) is 11.6 Å². The molecule has 0 spiro atoms. The van der Waals surface area contributed by atoms with Gasteiger partial charge in [0.2, 0.25) is 0 Å². The lowest BCUT2D eigenvalue weighted by Gasteiger charge is -2.34. The summed E-state index contributed by atoms with van der Waals surface area (Å²) in [7, 11) is 0. The van der Waals surface area contributed by atoms with E-state index < -0.39 is 11.6 Å². The molecule has 1 saturated carbocycles. The first-order valence-corrected chi connectivity index (χ1v) is 10.5. The number of hydrogen-bond acceptors (Lipinski definition) is 5. The second-order valence-electron chi connectivity index (χ2n) is 7.89. The summed E-state index contributed by atoms with van der Waals surface area (Å²) in [5.74, 6) is -1.53. The molecule has 0 bridgehead atoms. The van der Waals surface area contributed by atoms with Crippen LogP contribution in [0.15, 0.2) is 18.2 Å². The number of hydrogen-bond donors (Lipinski definition) is 4. The van der Waals surface area contributed by atoms with Crippen LogP contribution in [0, 0.1) is 11.6 Å². The number of halogens is 2. The maximum absolute atomic E-state index is 13.9. The largest absolute Gasteiger partial charge is 0.393 e. The van der Waals surface area contributed by atoms with Crippen LogP contribution in [0.3, 0.4) is 0 Å². The van der Waals surface area contributed by atoms with E-state index in [2.05, 4.69) is 15.6 Å². The number of thioether (sulfide) groups is 1. The van der Waals surface area contributed by atoms with Crippen molar-refractivity contribution in [1.82, 2.24) is 20.5 Å². The molecule has 1 aromatic carbocycles. The molecule has 0 radical (unpaired) electrons. The number of H-pyrrole nitrogens is 1. The lowest BCUT2D eigenvalue weighted by atomic mass is 9.90. The molecule has 1 aliphatic carbocycles. The number of aliphatic hydroxyl groups excluding tert-OH is 1. The lowest BCUT2D eigenvalue weighted by Crippen LogP contribution is -2.53. The molecule has 9 heteroatoms. The highest BCUT2D eigenvalue weighted by Gasteiger charge is 2.41. The normalized spacial score (nSPS) is 32.4. The monoisotopic (exact) mass is 408 g/mol. The molecule has 2 aliphatic heterocycles. The number of benzene rings is 1.